The van der Waals surface area contributed by atoms with E-state index in [9.17, 15) is 4.79 Å². The summed E-state index contributed by atoms with van der Waals surface area (Å²) in [5.41, 5.74) is 6.02. The average Bonchev–Trinajstić information content (AvgIpc) is 3.75. The molecule has 0 saturated carbocycles. The Labute approximate surface area is 290 Å². The number of hydrogen-bond donors (Lipinski definition) is 1. The van der Waals surface area contributed by atoms with Crippen LogP contribution in [0.25, 0.3) is 33.6 Å². The van der Waals surface area contributed by atoms with Crippen molar-refractivity contribution < 1.29 is 19.0 Å². The molecular formula is C36H38Cl2N6O4. The number of nitrogens with zero attached hydrogens (tertiary/aromatic N) is 5. The van der Waals surface area contributed by atoms with Gasteiger partial charge in [-0.1, -0.05) is 59.6 Å². The highest BCUT2D eigenvalue weighted by Crippen LogP contribution is 2.43. The van der Waals surface area contributed by atoms with Crippen LogP contribution in [0.1, 0.15) is 43.5 Å². The topological polar surface area (TPSA) is 112 Å². The Balaban J connectivity index is 1.10. The van der Waals surface area contributed by atoms with Crippen LogP contribution in [0, 0.1) is 5.41 Å². The number of carbonyl (C=O) groups is 1. The number of carbonyl (C=O) groups excluding carboxylic acids is 1. The third kappa shape index (κ3) is 6.59. The quantitative estimate of drug-likeness (QED) is 0.191. The molecule has 0 radical (unpaired) electrons. The van der Waals surface area contributed by atoms with Crippen LogP contribution < -0.4 is 14.8 Å². The van der Waals surface area contributed by atoms with E-state index < -0.39 is 0 Å². The lowest BCUT2D eigenvalue weighted by Gasteiger charge is -2.47. The average molecular weight is 690 g/mol. The minimum Gasteiger partial charge on any atom is -0.480 e. The maximum Gasteiger partial charge on any atom is 0.237 e. The second-order valence-corrected chi connectivity index (χ2v) is 13.7. The molecule has 7 rings (SSSR count). The van der Waals surface area contributed by atoms with Crippen molar-refractivity contribution in [2.24, 2.45) is 5.41 Å². The second kappa shape index (κ2) is 14.0. The lowest BCUT2D eigenvalue weighted by Crippen LogP contribution is -2.56. The highest BCUT2D eigenvalue weighted by molar-refractivity contribution is 6.39. The van der Waals surface area contributed by atoms with Crippen molar-refractivity contribution in [2.45, 2.75) is 51.1 Å². The third-order valence-electron chi connectivity index (χ3n) is 9.58. The highest BCUT2D eigenvalue weighted by Gasteiger charge is 2.45. The van der Waals surface area contributed by atoms with Crippen LogP contribution >= 0.6 is 23.2 Å². The fourth-order valence-electron chi connectivity index (χ4n) is 7.07. The molecule has 1 spiro atoms. The van der Waals surface area contributed by atoms with Gasteiger partial charge < -0.3 is 19.5 Å². The number of rotatable bonds is 11. The standard InChI is InChI=1S/C36H38Cl2N6O4/c1-46-34-27(11-3-6-22-12-13-31(45)41-22)39-16-28(42-34)25-9-4-7-23(32(25)37)24-8-5-10-26(33(24)38)29-17-40-30(35(43-29)47-2)18-44-19-36(20-44)14-15-48-21-36/h4-5,7-10,16-17,22H,3,6,11-15,18-21H2,1-2H3,(H,41,45)/t22-/m1/s1. The molecule has 3 saturated heterocycles. The number of amides is 1. The van der Waals surface area contributed by atoms with E-state index in [0.29, 0.717) is 63.6 Å². The zero-order valence-electron chi connectivity index (χ0n) is 27.1. The Bertz CT molecular complexity index is 1820. The van der Waals surface area contributed by atoms with Crippen molar-refractivity contribution in [1.82, 2.24) is 30.2 Å². The smallest absolute Gasteiger partial charge is 0.237 e. The van der Waals surface area contributed by atoms with Crippen molar-refractivity contribution in [2.75, 3.05) is 40.5 Å². The number of likely N-dealkylation sites (tertiary alicyclic amines) is 1. The Hall–Kier alpha value is -3.83. The van der Waals surface area contributed by atoms with Gasteiger partial charge in [-0.2, -0.15) is 0 Å². The number of aromatic nitrogens is 4. The second-order valence-electron chi connectivity index (χ2n) is 12.9. The van der Waals surface area contributed by atoms with Crippen LogP contribution in [0.2, 0.25) is 10.0 Å². The normalized spacial score (nSPS) is 18.6. The molecule has 10 nitrogen and oxygen atoms in total. The molecule has 0 unspecified atom stereocenters. The van der Waals surface area contributed by atoms with Gasteiger partial charge in [0.25, 0.3) is 0 Å². The zero-order valence-corrected chi connectivity index (χ0v) is 28.6. The summed E-state index contributed by atoms with van der Waals surface area (Å²) in [6.45, 7) is 4.35. The van der Waals surface area contributed by atoms with Crippen molar-refractivity contribution in [3.8, 4) is 45.4 Å². The van der Waals surface area contributed by atoms with Crippen molar-refractivity contribution in [1.29, 1.82) is 0 Å². The molecule has 3 aliphatic rings. The number of halogens is 2. The Morgan fingerprint density at radius 1 is 0.917 bits per heavy atom. The molecule has 4 aromatic rings. The maximum absolute atomic E-state index is 11.5. The number of benzene rings is 2. The summed E-state index contributed by atoms with van der Waals surface area (Å²) in [5.74, 6) is 1.07. The molecular weight excluding hydrogens is 651 g/mol. The number of hydrogen-bond acceptors (Lipinski definition) is 9. The molecule has 3 aliphatic heterocycles. The van der Waals surface area contributed by atoms with Gasteiger partial charge in [-0.15, -0.1) is 0 Å². The van der Waals surface area contributed by atoms with Crippen LogP contribution in [0.4, 0.5) is 0 Å². The molecule has 0 aliphatic carbocycles. The lowest BCUT2D eigenvalue weighted by atomic mass is 9.79. The molecule has 2 aromatic heterocycles. The van der Waals surface area contributed by atoms with Crippen molar-refractivity contribution in [3.63, 3.8) is 0 Å². The lowest BCUT2D eigenvalue weighted by molar-refractivity contribution is -0.119. The van der Waals surface area contributed by atoms with Crippen LogP contribution in [0.3, 0.4) is 0 Å². The fraction of sp³-hybridized carbons (Fsp3) is 0.417. The summed E-state index contributed by atoms with van der Waals surface area (Å²) >= 11 is 14.2. The molecule has 1 amide bonds. The number of ether oxygens (including phenoxy) is 3. The first kappa shape index (κ1) is 32.7. The number of aryl methyl sites for hydroxylation is 1. The van der Waals surface area contributed by atoms with Gasteiger partial charge in [0.15, 0.2) is 0 Å². The zero-order chi connectivity index (χ0) is 33.3. The molecule has 2 aromatic carbocycles. The van der Waals surface area contributed by atoms with Gasteiger partial charge in [-0.25, -0.2) is 9.97 Å². The molecule has 12 heteroatoms. The predicted octanol–water partition coefficient (Wildman–Crippen LogP) is 6.42. The van der Waals surface area contributed by atoms with Gasteiger partial charge >= 0.3 is 0 Å². The maximum atomic E-state index is 11.5. The highest BCUT2D eigenvalue weighted by atomic mass is 35.5. The van der Waals surface area contributed by atoms with Crippen LogP contribution in [-0.4, -0.2) is 77.3 Å². The van der Waals surface area contributed by atoms with E-state index in [1.807, 2.05) is 36.4 Å². The predicted molar refractivity (Wildman–Crippen MR) is 184 cm³/mol. The first-order valence-corrected chi connectivity index (χ1v) is 17.1. The summed E-state index contributed by atoms with van der Waals surface area (Å²) in [4.78, 5) is 32.9. The van der Waals surface area contributed by atoms with Gasteiger partial charge in [0.2, 0.25) is 17.7 Å². The fourth-order valence-corrected chi connectivity index (χ4v) is 7.72. The molecule has 5 heterocycles. The minimum absolute atomic E-state index is 0.128. The SMILES string of the molecule is COc1nc(-c2cccc(-c3cccc(-c4cnc(CN5CC6(CCOC6)C5)c(OC)n4)c3Cl)c2Cl)cnc1CCC[C@@H]1CCC(=O)N1. The first-order valence-electron chi connectivity index (χ1n) is 16.3. The molecule has 48 heavy (non-hydrogen) atoms. The largest absolute Gasteiger partial charge is 0.480 e. The van der Waals surface area contributed by atoms with Crippen molar-refractivity contribution >= 4 is 29.1 Å². The minimum atomic E-state index is 0.128. The molecule has 1 N–H and O–H groups in total. The van der Waals surface area contributed by atoms with Crippen molar-refractivity contribution in [3.05, 3.63) is 70.2 Å². The van der Waals surface area contributed by atoms with E-state index in [2.05, 4.69) is 10.2 Å². The van der Waals surface area contributed by atoms with E-state index in [1.54, 1.807) is 26.6 Å². The summed E-state index contributed by atoms with van der Waals surface area (Å²) in [6.07, 6.45) is 8.53. The van der Waals surface area contributed by atoms with Crippen LogP contribution in [0.15, 0.2) is 48.8 Å². The summed E-state index contributed by atoms with van der Waals surface area (Å²) in [5, 5.41) is 4.02. The number of methoxy groups -OCH3 is 2. The molecule has 250 valence electrons. The van der Waals surface area contributed by atoms with Gasteiger partial charge in [-0.3, -0.25) is 19.7 Å². The van der Waals surface area contributed by atoms with Gasteiger partial charge in [0.05, 0.1) is 54.7 Å². The summed E-state index contributed by atoms with van der Waals surface area (Å²) in [6, 6.07) is 11.8. The third-order valence-corrected chi connectivity index (χ3v) is 10.4. The Morgan fingerprint density at radius 3 is 2.08 bits per heavy atom. The Morgan fingerprint density at radius 2 is 1.52 bits per heavy atom. The van der Waals surface area contributed by atoms with Gasteiger partial charge in [-0.05, 0) is 32.1 Å². The first-order chi connectivity index (χ1) is 23.4. The summed E-state index contributed by atoms with van der Waals surface area (Å²) in [7, 11) is 3.21. The molecule has 3 fully saturated rings. The monoisotopic (exact) mass is 688 g/mol. The van der Waals surface area contributed by atoms with Crippen LogP contribution in [-0.2, 0) is 22.5 Å². The van der Waals surface area contributed by atoms with Crippen LogP contribution in [0.5, 0.6) is 11.8 Å². The van der Waals surface area contributed by atoms with E-state index in [4.69, 9.17) is 57.3 Å². The van der Waals surface area contributed by atoms with Gasteiger partial charge in [0.1, 0.15) is 11.4 Å². The number of nitrogens with one attached hydrogen (secondary N) is 1. The molecule has 1 atom stereocenters. The van der Waals surface area contributed by atoms with E-state index in [-0.39, 0.29) is 11.9 Å². The van der Waals surface area contributed by atoms with Gasteiger partial charge in [0, 0.05) is 66.4 Å². The van der Waals surface area contributed by atoms with E-state index in [0.717, 1.165) is 80.1 Å². The summed E-state index contributed by atoms with van der Waals surface area (Å²) < 4.78 is 16.9. The molecule has 0 bridgehead atoms. The van der Waals surface area contributed by atoms with E-state index in [1.165, 1.54) is 0 Å². The van der Waals surface area contributed by atoms with E-state index >= 15 is 0 Å². The Kier molecular flexibility index (Phi) is 9.51.